The van der Waals surface area contributed by atoms with E-state index in [2.05, 4.69) is 9.97 Å². The van der Waals surface area contributed by atoms with Crippen LogP contribution < -0.4 is 19.7 Å². The van der Waals surface area contributed by atoms with Crippen molar-refractivity contribution in [2.75, 3.05) is 14.2 Å². The maximum absolute atomic E-state index is 12.1. The Balaban J connectivity index is 0.000000168. The SMILES string of the molecule is COc1cccc(-c2nc3ccccc3s2)c1[O-].COc1cccc(-c2nc3ccccc3s2)c1[O-].[Cu+2]. The fourth-order valence-electron chi connectivity index (χ4n) is 3.66. The summed E-state index contributed by atoms with van der Waals surface area (Å²) in [6.45, 7) is 0. The fraction of sp³-hybridized carbons (Fsp3) is 0.0714. The topological polar surface area (TPSA) is 90.4 Å². The average Bonchev–Trinajstić information content (AvgIpc) is 3.53. The Labute approximate surface area is 232 Å². The largest absolute Gasteiger partial charge is 2.00 e. The first-order valence-corrected chi connectivity index (χ1v) is 12.6. The zero-order valence-corrected chi connectivity index (χ0v) is 22.3. The van der Waals surface area contributed by atoms with Crippen LogP contribution in [0.2, 0.25) is 0 Å². The molecule has 0 atom stereocenters. The first kappa shape index (κ1) is 26.4. The Kier molecular flexibility index (Phi) is 8.31. The third-order valence-corrected chi connectivity index (χ3v) is 7.59. The van der Waals surface area contributed by atoms with Crippen LogP contribution in [-0.2, 0) is 17.1 Å². The summed E-state index contributed by atoms with van der Waals surface area (Å²) in [5.41, 5.74) is 3.02. The van der Waals surface area contributed by atoms with E-state index in [0.717, 1.165) is 30.4 Å². The minimum Gasteiger partial charge on any atom is -0.869 e. The summed E-state index contributed by atoms with van der Waals surface area (Å²) in [5, 5.41) is 25.7. The van der Waals surface area contributed by atoms with Crippen LogP contribution >= 0.6 is 22.7 Å². The molecule has 0 aliphatic heterocycles. The van der Waals surface area contributed by atoms with Crippen molar-refractivity contribution in [3.63, 3.8) is 0 Å². The summed E-state index contributed by atoms with van der Waals surface area (Å²) in [5.74, 6) is 0.483. The number of nitrogens with zero attached hydrogens (tertiary/aromatic N) is 2. The van der Waals surface area contributed by atoms with E-state index >= 15 is 0 Å². The van der Waals surface area contributed by atoms with Gasteiger partial charge in [0.15, 0.2) is 0 Å². The van der Waals surface area contributed by atoms with Crippen LogP contribution in [-0.4, -0.2) is 24.2 Å². The first-order chi connectivity index (χ1) is 17.6. The van der Waals surface area contributed by atoms with E-state index in [1.165, 1.54) is 36.9 Å². The van der Waals surface area contributed by atoms with Gasteiger partial charge in [-0.25, -0.2) is 9.97 Å². The molecule has 6 aromatic rings. The second-order valence-electron chi connectivity index (χ2n) is 7.65. The summed E-state index contributed by atoms with van der Waals surface area (Å²) in [7, 11) is 3.00. The van der Waals surface area contributed by atoms with E-state index in [-0.39, 0.29) is 28.6 Å². The van der Waals surface area contributed by atoms with Crippen LogP contribution in [0.25, 0.3) is 41.6 Å². The monoisotopic (exact) mass is 575 g/mol. The molecule has 6 rings (SSSR count). The molecule has 6 nitrogen and oxygen atoms in total. The number of ether oxygens (including phenoxy) is 2. The Morgan fingerprint density at radius 3 is 1.35 bits per heavy atom. The maximum Gasteiger partial charge on any atom is 2.00 e. The summed E-state index contributed by atoms with van der Waals surface area (Å²) < 4.78 is 12.2. The molecule has 0 N–H and O–H groups in total. The molecule has 4 aromatic carbocycles. The standard InChI is InChI=1S/2C14H11NO2S.Cu/c2*1-17-11-7-4-5-9(13(11)16)14-15-10-6-2-3-8-12(10)18-14;/h2*2-8,16H,1H3;/q;;+2/p-2. The van der Waals surface area contributed by atoms with Crippen LogP contribution in [0.15, 0.2) is 84.9 Å². The van der Waals surface area contributed by atoms with Gasteiger partial charge in [-0.15, -0.1) is 22.7 Å². The number of rotatable bonds is 4. The first-order valence-electron chi connectivity index (χ1n) is 11.0. The third kappa shape index (κ3) is 5.40. The number of thiazole rings is 2. The molecular formula is C28H20CuN2O4S2. The van der Waals surface area contributed by atoms with Gasteiger partial charge in [0.25, 0.3) is 0 Å². The summed E-state index contributed by atoms with van der Waals surface area (Å²) in [6, 6.07) is 26.2. The summed E-state index contributed by atoms with van der Waals surface area (Å²) in [6.07, 6.45) is 0. The second kappa shape index (κ2) is 11.6. The van der Waals surface area contributed by atoms with Gasteiger partial charge in [-0.2, -0.15) is 0 Å². The third-order valence-electron chi connectivity index (χ3n) is 5.45. The fourth-order valence-corrected chi connectivity index (χ4v) is 5.64. The second-order valence-corrected chi connectivity index (χ2v) is 9.71. The van der Waals surface area contributed by atoms with E-state index < -0.39 is 0 Å². The number of para-hydroxylation sites is 4. The molecule has 0 spiro atoms. The van der Waals surface area contributed by atoms with Crippen molar-refractivity contribution in [3.05, 3.63) is 84.9 Å². The number of fused-ring (bicyclic) bond motifs is 2. The maximum atomic E-state index is 12.1. The molecule has 0 aliphatic carbocycles. The van der Waals surface area contributed by atoms with Crippen molar-refractivity contribution < 1.29 is 36.8 Å². The van der Waals surface area contributed by atoms with Crippen molar-refractivity contribution >= 4 is 43.1 Å². The van der Waals surface area contributed by atoms with E-state index in [4.69, 9.17) is 9.47 Å². The minimum atomic E-state index is -0.112. The molecule has 0 aliphatic rings. The molecule has 0 saturated carbocycles. The number of aromatic nitrogens is 2. The van der Waals surface area contributed by atoms with E-state index in [1.807, 2.05) is 60.7 Å². The quantitative estimate of drug-likeness (QED) is 0.236. The number of benzene rings is 4. The summed E-state index contributed by atoms with van der Waals surface area (Å²) in [4.78, 5) is 8.96. The van der Waals surface area contributed by atoms with Gasteiger partial charge in [-0.05, 0) is 36.4 Å². The molecule has 9 heteroatoms. The molecule has 0 fully saturated rings. The number of methoxy groups -OCH3 is 2. The molecule has 2 heterocycles. The molecule has 37 heavy (non-hydrogen) atoms. The van der Waals surface area contributed by atoms with Crippen molar-refractivity contribution in [1.82, 2.24) is 9.97 Å². The van der Waals surface area contributed by atoms with Gasteiger partial charge >= 0.3 is 17.1 Å². The molecular weight excluding hydrogens is 556 g/mol. The van der Waals surface area contributed by atoms with Crippen LogP contribution in [0.5, 0.6) is 23.0 Å². The van der Waals surface area contributed by atoms with Gasteiger partial charge in [0.1, 0.15) is 21.5 Å². The van der Waals surface area contributed by atoms with E-state index in [9.17, 15) is 10.2 Å². The Morgan fingerprint density at radius 1 is 0.568 bits per heavy atom. The van der Waals surface area contributed by atoms with Crippen LogP contribution in [0.3, 0.4) is 0 Å². The van der Waals surface area contributed by atoms with Crippen molar-refractivity contribution in [1.29, 1.82) is 0 Å². The molecule has 1 radical (unpaired) electrons. The smallest absolute Gasteiger partial charge is 0.869 e. The van der Waals surface area contributed by atoms with Gasteiger partial charge in [0, 0.05) is 11.1 Å². The molecule has 2 aromatic heterocycles. The van der Waals surface area contributed by atoms with Crippen molar-refractivity contribution in [2.24, 2.45) is 0 Å². The molecule has 0 saturated heterocycles. The minimum absolute atomic E-state index is 0. The van der Waals surface area contributed by atoms with Gasteiger partial charge in [-0.3, -0.25) is 0 Å². The van der Waals surface area contributed by atoms with Gasteiger partial charge in [-0.1, -0.05) is 60.0 Å². The van der Waals surface area contributed by atoms with Gasteiger partial charge in [0.05, 0.1) is 34.7 Å². The van der Waals surface area contributed by atoms with E-state index in [0.29, 0.717) is 22.6 Å². The van der Waals surface area contributed by atoms with Gasteiger partial charge in [0.2, 0.25) is 0 Å². The molecule has 0 amide bonds. The van der Waals surface area contributed by atoms with Gasteiger partial charge < -0.3 is 19.7 Å². The molecule has 0 bridgehead atoms. The van der Waals surface area contributed by atoms with E-state index in [1.54, 1.807) is 24.3 Å². The Bertz CT molecular complexity index is 1480. The predicted molar refractivity (Wildman–Crippen MR) is 142 cm³/mol. The number of hydrogen-bond donors (Lipinski definition) is 0. The van der Waals surface area contributed by atoms with Crippen LogP contribution in [0, 0.1) is 0 Å². The molecule has 0 unspecified atom stereocenters. The normalized spacial score (nSPS) is 10.4. The average molecular weight is 576 g/mol. The van der Waals surface area contributed by atoms with Crippen LogP contribution in [0.4, 0.5) is 0 Å². The predicted octanol–water partition coefficient (Wildman–Crippen LogP) is 6.09. The Hall–Kier alpha value is -3.62. The molecule has 189 valence electrons. The summed E-state index contributed by atoms with van der Waals surface area (Å²) >= 11 is 3.03. The zero-order valence-electron chi connectivity index (χ0n) is 19.7. The van der Waals surface area contributed by atoms with Crippen LogP contribution in [0.1, 0.15) is 0 Å². The van der Waals surface area contributed by atoms with Crippen molar-refractivity contribution in [3.8, 4) is 44.1 Å². The zero-order chi connectivity index (χ0) is 25.1. The van der Waals surface area contributed by atoms with Crippen molar-refractivity contribution in [2.45, 2.75) is 0 Å². The number of hydrogen-bond acceptors (Lipinski definition) is 8. The Morgan fingerprint density at radius 2 is 0.973 bits per heavy atom.